The number of carbonyl (C=O) groups is 4. The number of anilines is 2. The number of imide groups is 2. The number of halogens is 2. The van der Waals surface area contributed by atoms with Gasteiger partial charge in [-0.05, 0) is 79.2 Å². The van der Waals surface area contributed by atoms with Crippen LogP contribution < -0.4 is 29.7 Å². The van der Waals surface area contributed by atoms with Gasteiger partial charge in [0.15, 0.2) is 18.1 Å². The highest BCUT2D eigenvalue weighted by molar-refractivity contribution is 9.10. The molecule has 1 fully saturated rings. The summed E-state index contributed by atoms with van der Waals surface area (Å²) in [5.41, 5.74) is 0.896. The summed E-state index contributed by atoms with van der Waals surface area (Å²) in [6.45, 7) is 1.63. The van der Waals surface area contributed by atoms with Gasteiger partial charge >= 0.3 is 6.03 Å². The number of urea groups is 1. The van der Waals surface area contributed by atoms with Gasteiger partial charge in [-0.3, -0.25) is 19.7 Å². The van der Waals surface area contributed by atoms with E-state index in [1.807, 2.05) is 0 Å². The maximum absolute atomic E-state index is 13.2. The third kappa shape index (κ3) is 6.61. The van der Waals surface area contributed by atoms with Gasteiger partial charge in [-0.15, -0.1) is 0 Å². The molecule has 3 aromatic carbocycles. The first-order valence-electron chi connectivity index (χ1n) is 11.9. The van der Waals surface area contributed by atoms with Crippen LogP contribution in [-0.4, -0.2) is 44.1 Å². The second kappa shape index (κ2) is 12.7. The third-order valence-electron chi connectivity index (χ3n) is 5.55. The molecule has 4 rings (SSSR count). The highest BCUT2D eigenvalue weighted by atomic mass is 79.9. The number of amides is 5. The summed E-state index contributed by atoms with van der Waals surface area (Å²) in [5.74, 6) is -1.13. The van der Waals surface area contributed by atoms with E-state index in [2.05, 4.69) is 26.6 Å². The minimum atomic E-state index is -0.862. The fourth-order valence-electron chi connectivity index (χ4n) is 3.73. The van der Waals surface area contributed by atoms with Gasteiger partial charge in [0.1, 0.15) is 11.3 Å². The number of methoxy groups -OCH3 is 1. The van der Waals surface area contributed by atoms with E-state index in [1.54, 1.807) is 62.6 Å². The van der Waals surface area contributed by atoms with Crippen LogP contribution in [0.25, 0.3) is 6.08 Å². The van der Waals surface area contributed by atoms with Crippen molar-refractivity contribution in [3.8, 4) is 17.2 Å². The smallest absolute Gasteiger partial charge is 0.335 e. The Morgan fingerprint density at radius 3 is 2.40 bits per heavy atom. The number of hydrogen-bond donors (Lipinski definition) is 2. The number of carbonyl (C=O) groups excluding carboxylic acids is 4. The van der Waals surface area contributed by atoms with Crippen molar-refractivity contribution in [2.75, 3.05) is 30.5 Å². The Balaban J connectivity index is 1.55. The van der Waals surface area contributed by atoms with Crippen molar-refractivity contribution in [3.63, 3.8) is 0 Å². The molecule has 0 aromatic heterocycles. The summed E-state index contributed by atoms with van der Waals surface area (Å²) < 4.78 is 17.2. The van der Waals surface area contributed by atoms with Crippen LogP contribution in [0.4, 0.5) is 16.2 Å². The van der Waals surface area contributed by atoms with Crippen LogP contribution >= 0.6 is 27.5 Å². The standard InChI is InChI=1S/C28H23BrClN3O7/c1-3-39-23-14-16(12-21-26(35)32-28(37)33(27(21)36)19-8-4-17(29)5-9-19)13-22(30)25(23)40-15-24(34)31-18-6-10-20(38-2)11-7-18/h4-14H,3,15H2,1-2H3,(H,31,34)(H,32,35,37)/b21-12+. The molecule has 2 N–H and O–H groups in total. The lowest BCUT2D eigenvalue weighted by molar-refractivity contribution is -0.122. The van der Waals surface area contributed by atoms with Crippen LogP contribution in [0.15, 0.2) is 70.7 Å². The molecule has 3 aromatic rings. The Morgan fingerprint density at radius 1 is 1.05 bits per heavy atom. The van der Waals surface area contributed by atoms with Crippen molar-refractivity contribution < 1.29 is 33.4 Å². The summed E-state index contributed by atoms with van der Waals surface area (Å²) in [4.78, 5) is 51.5. The van der Waals surface area contributed by atoms with Crippen molar-refractivity contribution in [2.24, 2.45) is 0 Å². The lowest BCUT2D eigenvalue weighted by Gasteiger charge is -2.26. The van der Waals surface area contributed by atoms with Crippen LogP contribution in [0.3, 0.4) is 0 Å². The first-order chi connectivity index (χ1) is 19.2. The molecule has 0 radical (unpaired) electrons. The van der Waals surface area contributed by atoms with E-state index in [0.29, 0.717) is 17.0 Å². The molecule has 0 unspecified atom stereocenters. The van der Waals surface area contributed by atoms with Gasteiger partial charge in [-0.2, -0.15) is 0 Å². The molecule has 40 heavy (non-hydrogen) atoms. The van der Waals surface area contributed by atoms with Gasteiger partial charge in [0, 0.05) is 10.2 Å². The summed E-state index contributed by atoms with van der Waals surface area (Å²) in [5, 5.41) is 4.96. The van der Waals surface area contributed by atoms with Gasteiger partial charge in [0.2, 0.25) is 0 Å². The molecule has 0 spiro atoms. The molecule has 10 nitrogen and oxygen atoms in total. The van der Waals surface area contributed by atoms with Crippen molar-refractivity contribution in [3.05, 3.63) is 81.3 Å². The normalized spacial score (nSPS) is 14.2. The Hall–Kier alpha value is -4.35. The maximum Gasteiger partial charge on any atom is 0.335 e. The Kier molecular flexibility index (Phi) is 9.08. The van der Waals surface area contributed by atoms with Crippen molar-refractivity contribution in [1.29, 1.82) is 0 Å². The summed E-state index contributed by atoms with van der Waals surface area (Å²) in [6, 6.07) is 15.4. The van der Waals surface area contributed by atoms with Crippen LogP contribution in [0, 0.1) is 0 Å². The first kappa shape index (κ1) is 28.7. The molecule has 1 aliphatic heterocycles. The molecule has 206 valence electrons. The van der Waals surface area contributed by atoms with E-state index in [0.717, 1.165) is 9.37 Å². The molecule has 0 atom stereocenters. The van der Waals surface area contributed by atoms with Gasteiger partial charge in [0.25, 0.3) is 17.7 Å². The maximum atomic E-state index is 13.2. The van der Waals surface area contributed by atoms with Gasteiger partial charge < -0.3 is 19.5 Å². The summed E-state index contributed by atoms with van der Waals surface area (Å²) >= 11 is 9.77. The molecule has 0 aliphatic carbocycles. The number of rotatable bonds is 9. The Labute approximate surface area is 243 Å². The number of hydrogen-bond acceptors (Lipinski definition) is 7. The van der Waals surface area contributed by atoms with Gasteiger partial charge in [-0.1, -0.05) is 27.5 Å². The fourth-order valence-corrected chi connectivity index (χ4v) is 4.27. The van der Waals surface area contributed by atoms with E-state index in [1.165, 1.54) is 18.2 Å². The first-order valence-corrected chi connectivity index (χ1v) is 13.1. The molecule has 1 heterocycles. The van der Waals surface area contributed by atoms with E-state index in [9.17, 15) is 19.2 Å². The number of nitrogens with zero attached hydrogens (tertiary/aromatic N) is 1. The molecule has 5 amide bonds. The Bertz CT molecular complexity index is 1490. The quantitative estimate of drug-likeness (QED) is 0.247. The van der Waals surface area contributed by atoms with E-state index >= 15 is 0 Å². The lowest BCUT2D eigenvalue weighted by Crippen LogP contribution is -2.54. The number of ether oxygens (including phenoxy) is 3. The third-order valence-corrected chi connectivity index (χ3v) is 6.36. The second-order valence-electron chi connectivity index (χ2n) is 8.26. The monoisotopic (exact) mass is 627 g/mol. The summed E-state index contributed by atoms with van der Waals surface area (Å²) in [6.07, 6.45) is 1.30. The molecule has 1 saturated heterocycles. The minimum absolute atomic E-state index is 0.0829. The summed E-state index contributed by atoms with van der Waals surface area (Å²) in [7, 11) is 1.55. The van der Waals surface area contributed by atoms with Gasteiger partial charge in [-0.25, -0.2) is 9.69 Å². The van der Waals surface area contributed by atoms with E-state index in [4.69, 9.17) is 25.8 Å². The van der Waals surface area contributed by atoms with Crippen LogP contribution in [0.1, 0.15) is 12.5 Å². The zero-order valence-electron chi connectivity index (χ0n) is 21.3. The van der Waals surface area contributed by atoms with Crippen molar-refractivity contribution >= 4 is 68.7 Å². The van der Waals surface area contributed by atoms with E-state index in [-0.39, 0.29) is 41.0 Å². The molecular formula is C28H23BrClN3O7. The zero-order chi connectivity index (χ0) is 28.8. The van der Waals surface area contributed by atoms with Crippen molar-refractivity contribution in [1.82, 2.24) is 5.32 Å². The molecule has 0 bridgehead atoms. The zero-order valence-corrected chi connectivity index (χ0v) is 23.7. The molecule has 12 heteroatoms. The van der Waals surface area contributed by atoms with Gasteiger partial charge in [0.05, 0.1) is 24.4 Å². The highest BCUT2D eigenvalue weighted by Gasteiger charge is 2.36. The van der Waals surface area contributed by atoms with Crippen LogP contribution in [0.2, 0.25) is 5.02 Å². The SMILES string of the molecule is CCOc1cc(/C=C2\C(=O)NC(=O)N(c3ccc(Br)cc3)C2=O)cc(Cl)c1OCC(=O)Nc1ccc(OC)cc1. The van der Waals surface area contributed by atoms with Crippen molar-refractivity contribution in [2.45, 2.75) is 6.92 Å². The minimum Gasteiger partial charge on any atom is -0.497 e. The Morgan fingerprint density at radius 2 is 1.75 bits per heavy atom. The van der Waals surface area contributed by atoms with E-state index < -0.39 is 23.8 Å². The number of barbiturate groups is 1. The molecule has 0 saturated carbocycles. The largest absolute Gasteiger partial charge is 0.497 e. The molecular weight excluding hydrogens is 606 g/mol. The predicted molar refractivity (Wildman–Crippen MR) is 153 cm³/mol. The predicted octanol–water partition coefficient (Wildman–Crippen LogP) is 5.19. The molecule has 1 aliphatic rings. The fraction of sp³-hybridized carbons (Fsp3) is 0.143. The average molecular weight is 629 g/mol. The highest BCUT2D eigenvalue weighted by Crippen LogP contribution is 2.37. The number of nitrogens with one attached hydrogen (secondary N) is 2. The van der Waals surface area contributed by atoms with Crippen LogP contribution in [-0.2, 0) is 14.4 Å². The average Bonchev–Trinajstić information content (AvgIpc) is 2.92. The lowest BCUT2D eigenvalue weighted by atomic mass is 10.1. The number of benzene rings is 3. The second-order valence-corrected chi connectivity index (χ2v) is 9.59. The van der Waals surface area contributed by atoms with Crippen LogP contribution in [0.5, 0.6) is 17.2 Å². The topological polar surface area (TPSA) is 123 Å².